The molecule has 2 heterocycles. The van der Waals surface area contributed by atoms with Crippen LogP contribution in [0.25, 0.3) is 12.2 Å². The molecule has 176 valence electrons. The summed E-state index contributed by atoms with van der Waals surface area (Å²) < 4.78 is 40.6. The first-order valence-electron chi connectivity index (χ1n) is 11.0. The largest absolute Gasteiger partial charge is 0.487 e. The first-order valence-corrected chi connectivity index (χ1v) is 11.0. The fraction of sp³-hybridized carbons (Fsp3) is 0.231. The minimum absolute atomic E-state index is 0.0466. The highest BCUT2D eigenvalue weighted by molar-refractivity contribution is 5.66. The van der Waals surface area contributed by atoms with Crippen LogP contribution in [0.2, 0.25) is 0 Å². The summed E-state index contributed by atoms with van der Waals surface area (Å²) in [5.41, 5.74) is 1.47. The molecule has 0 spiro atoms. The van der Waals surface area contributed by atoms with Gasteiger partial charge in [0.2, 0.25) is 5.89 Å². The highest BCUT2D eigenvalue weighted by Crippen LogP contribution is 2.27. The van der Waals surface area contributed by atoms with Gasteiger partial charge in [-0.25, -0.2) is 18.7 Å². The van der Waals surface area contributed by atoms with E-state index < -0.39 is 17.7 Å². The number of aliphatic hydroxyl groups is 1. The summed E-state index contributed by atoms with van der Waals surface area (Å²) in [5.74, 6) is 0.191. The molecule has 4 rings (SSSR count). The normalized spacial score (nSPS) is 13.3. The second kappa shape index (κ2) is 10.4. The Morgan fingerprint density at radius 3 is 2.53 bits per heavy atom. The first kappa shape index (κ1) is 23.4. The molecule has 0 bridgehead atoms. The van der Waals surface area contributed by atoms with Crippen molar-refractivity contribution in [3.05, 3.63) is 101 Å². The maximum Gasteiger partial charge on any atom is 0.218 e. The van der Waals surface area contributed by atoms with Gasteiger partial charge in [0, 0.05) is 24.0 Å². The second-order valence-corrected chi connectivity index (χ2v) is 7.80. The zero-order valence-corrected chi connectivity index (χ0v) is 18.9. The Kier molecular flexibility index (Phi) is 7.18. The third-order valence-corrected chi connectivity index (χ3v) is 5.41. The number of hydrogen-bond donors (Lipinski definition) is 1. The summed E-state index contributed by atoms with van der Waals surface area (Å²) in [6, 6.07) is 11.4. The van der Waals surface area contributed by atoms with Crippen LogP contribution in [0.15, 0.2) is 65.5 Å². The van der Waals surface area contributed by atoms with Crippen molar-refractivity contribution in [3.63, 3.8) is 0 Å². The highest BCUT2D eigenvalue weighted by Gasteiger charge is 2.18. The van der Waals surface area contributed by atoms with Crippen molar-refractivity contribution in [2.75, 3.05) is 0 Å². The lowest BCUT2D eigenvalue weighted by atomic mass is 10.0. The maximum atomic E-state index is 13.7. The number of oxazole rings is 1. The van der Waals surface area contributed by atoms with Gasteiger partial charge in [0.25, 0.3) is 0 Å². The van der Waals surface area contributed by atoms with Crippen molar-refractivity contribution in [2.45, 2.75) is 39.0 Å². The summed E-state index contributed by atoms with van der Waals surface area (Å²) in [7, 11) is 0. The van der Waals surface area contributed by atoms with E-state index in [9.17, 15) is 13.9 Å². The Morgan fingerprint density at radius 2 is 1.85 bits per heavy atom. The summed E-state index contributed by atoms with van der Waals surface area (Å²) >= 11 is 0. The molecule has 0 saturated heterocycles. The molecular formula is C26H25F2N3O3. The average molecular weight is 466 g/mol. The smallest absolute Gasteiger partial charge is 0.218 e. The Hall–Kier alpha value is -3.78. The van der Waals surface area contributed by atoms with E-state index in [1.54, 1.807) is 13.1 Å². The van der Waals surface area contributed by atoms with Gasteiger partial charge in [-0.3, -0.25) is 0 Å². The minimum Gasteiger partial charge on any atom is -0.487 e. The van der Waals surface area contributed by atoms with Gasteiger partial charge in [0.15, 0.2) is 0 Å². The van der Waals surface area contributed by atoms with Crippen molar-refractivity contribution in [3.8, 4) is 5.75 Å². The van der Waals surface area contributed by atoms with Crippen LogP contribution in [0.4, 0.5) is 8.78 Å². The predicted molar refractivity (Wildman–Crippen MR) is 124 cm³/mol. The molecule has 2 aromatic carbocycles. The Labute approximate surface area is 196 Å². The van der Waals surface area contributed by atoms with Crippen molar-refractivity contribution < 1.29 is 23.0 Å². The second-order valence-electron chi connectivity index (χ2n) is 7.80. The molecule has 0 aliphatic carbocycles. The van der Waals surface area contributed by atoms with E-state index in [0.29, 0.717) is 17.3 Å². The molecule has 0 amide bonds. The number of aliphatic hydroxyl groups excluding tert-OH is 1. The van der Waals surface area contributed by atoms with Crippen LogP contribution in [0.1, 0.15) is 61.0 Å². The van der Waals surface area contributed by atoms with E-state index in [1.807, 2.05) is 35.0 Å². The standard InChI is InChI=1S/C26H25F2N3O3/c1-3-24(31-14-13-29-26(31)17(2)32)18-7-9-20(10-8-18)33-15-19-16-34-25(30-19)12-11-21-22(27)5-4-6-23(21)28/h4-14,16-17,24,32H,3,15H2,1-2H3/b12-11+. The molecule has 0 saturated carbocycles. The maximum absolute atomic E-state index is 13.7. The Bertz CT molecular complexity index is 1240. The van der Waals surface area contributed by atoms with Gasteiger partial charge in [0.1, 0.15) is 47.9 Å². The van der Waals surface area contributed by atoms with Crippen molar-refractivity contribution in [1.29, 1.82) is 0 Å². The Morgan fingerprint density at radius 1 is 1.12 bits per heavy atom. The molecule has 8 heteroatoms. The predicted octanol–water partition coefficient (Wildman–Crippen LogP) is 5.95. The van der Waals surface area contributed by atoms with Crippen LogP contribution in [-0.2, 0) is 6.61 Å². The summed E-state index contributed by atoms with van der Waals surface area (Å²) in [6.45, 7) is 3.96. The van der Waals surface area contributed by atoms with E-state index in [4.69, 9.17) is 9.15 Å². The molecule has 34 heavy (non-hydrogen) atoms. The molecule has 4 aromatic rings. The van der Waals surface area contributed by atoms with Crippen LogP contribution in [0, 0.1) is 11.6 Å². The topological polar surface area (TPSA) is 73.3 Å². The van der Waals surface area contributed by atoms with E-state index in [1.165, 1.54) is 36.6 Å². The molecule has 0 radical (unpaired) electrons. The number of nitrogens with zero attached hydrogens (tertiary/aromatic N) is 3. The van der Waals surface area contributed by atoms with Gasteiger partial charge in [0.05, 0.1) is 6.04 Å². The van der Waals surface area contributed by atoms with Crippen LogP contribution in [0.3, 0.4) is 0 Å². The molecule has 0 aliphatic rings. The molecular weight excluding hydrogens is 440 g/mol. The Balaban J connectivity index is 1.39. The molecule has 1 N–H and O–H groups in total. The monoisotopic (exact) mass is 465 g/mol. The van der Waals surface area contributed by atoms with E-state index in [0.717, 1.165) is 12.0 Å². The van der Waals surface area contributed by atoms with Crippen LogP contribution >= 0.6 is 0 Å². The van der Waals surface area contributed by atoms with Crippen LogP contribution in [-0.4, -0.2) is 19.6 Å². The number of halogens is 2. The SMILES string of the molecule is CCC(c1ccc(OCc2coc(/C=C/c3c(F)cccc3F)n2)cc1)n1ccnc1C(C)O. The molecule has 6 nitrogen and oxygen atoms in total. The quantitative estimate of drug-likeness (QED) is 0.331. The summed E-state index contributed by atoms with van der Waals surface area (Å²) in [6.07, 6.45) is 7.88. The lowest BCUT2D eigenvalue weighted by molar-refractivity contribution is 0.182. The zero-order valence-electron chi connectivity index (χ0n) is 18.9. The van der Waals surface area contributed by atoms with Crippen LogP contribution in [0.5, 0.6) is 5.75 Å². The molecule has 2 aromatic heterocycles. The van der Waals surface area contributed by atoms with Gasteiger partial charge in [-0.1, -0.05) is 25.1 Å². The fourth-order valence-corrected chi connectivity index (χ4v) is 3.74. The van der Waals surface area contributed by atoms with Gasteiger partial charge >= 0.3 is 0 Å². The fourth-order valence-electron chi connectivity index (χ4n) is 3.74. The van der Waals surface area contributed by atoms with Crippen molar-refractivity contribution in [2.24, 2.45) is 0 Å². The van der Waals surface area contributed by atoms with Crippen molar-refractivity contribution >= 4 is 12.2 Å². The van der Waals surface area contributed by atoms with Gasteiger partial charge in [-0.15, -0.1) is 0 Å². The summed E-state index contributed by atoms with van der Waals surface area (Å²) in [5, 5.41) is 9.97. The number of rotatable bonds is 9. The number of hydrogen-bond acceptors (Lipinski definition) is 5. The average Bonchev–Trinajstić information content (AvgIpc) is 3.49. The highest BCUT2D eigenvalue weighted by atomic mass is 19.1. The third-order valence-electron chi connectivity index (χ3n) is 5.41. The first-order chi connectivity index (χ1) is 16.5. The number of imidazole rings is 1. The number of aromatic nitrogens is 3. The summed E-state index contributed by atoms with van der Waals surface area (Å²) in [4.78, 5) is 8.52. The van der Waals surface area contributed by atoms with E-state index >= 15 is 0 Å². The number of ether oxygens (including phenoxy) is 1. The number of benzene rings is 2. The van der Waals surface area contributed by atoms with Crippen molar-refractivity contribution in [1.82, 2.24) is 14.5 Å². The van der Waals surface area contributed by atoms with Gasteiger partial charge in [-0.05, 0) is 49.2 Å². The van der Waals surface area contributed by atoms with Crippen LogP contribution < -0.4 is 4.74 Å². The minimum atomic E-state index is -0.657. The van der Waals surface area contributed by atoms with Gasteiger partial charge < -0.3 is 18.8 Å². The van der Waals surface area contributed by atoms with Gasteiger partial charge in [-0.2, -0.15) is 0 Å². The zero-order chi connectivity index (χ0) is 24.1. The molecule has 2 unspecified atom stereocenters. The molecule has 0 fully saturated rings. The van der Waals surface area contributed by atoms with E-state index in [2.05, 4.69) is 16.9 Å². The lowest BCUT2D eigenvalue weighted by Crippen LogP contribution is -2.14. The molecule has 0 aliphatic heterocycles. The lowest BCUT2D eigenvalue weighted by Gasteiger charge is -2.21. The third kappa shape index (κ3) is 5.23. The molecule has 2 atom stereocenters. The van der Waals surface area contributed by atoms with E-state index in [-0.39, 0.29) is 24.1 Å².